The van der Waals surface area contributed by atoms with Gasteiger partial charge < -0.3 is 4.90 Å². The SMILES string of the molecule is CSc1nc(-c2ccc(F)cc2)c(CCN2CCC(n3nnc4cc(F)ccc43)CC2)s1. The Kier molecular flexibility index (Phi) is 6.21. The van der Waals surface area contributed by atoms with Crippen molar-refractivity contribution in [3.8, 4) is 11.3 Å². The third-order valence-corrected chi connectivity index (χ3v) is 8.06. The number of likely N-dealkylation sites (tertiary alicyclic amines) is 1. The molecule has 1 fully saturated rings. The van der Waals surface area contributed by atoms with Crippen molar-refractivity contribution >= 4 is 34.1 Å². The fourth-order valence-corrected chi connectivity index (χ4v) is 5.87. The summed E-state index contributed by atoms with van der Waals surface area (Å²) in [5.41, 5.74) is 3.43. The third kappa shape index (κ3) is 4.42. The summed E-state index contributed by atoms with van der Waals surface area (Å²) >= 11 is 3.37. The highest BCUT2D eigenvalue weighted by atomic mass is 32.2. The van der Waals surface area contributed by atoms with Crippen LogP contribution in [0.5, 0.6) is 0 Å². The van der Waals surface area contributed by atoms with Crippen LogP contribution in [-0.2, 0) is 6.42 Å². The topological polar surface area (TPSA) is 46.8 Å². The average Bonchev–Trinajstić information content (AvgIpc) is 3.42. The van der Waals surface area contributed by atoms with Crippen LogP contribution in [0.1, 0.15) is 23.8 Å². The van der Waals surface area contributed by atoms with E-state index < -0.39 is 0 Å². The van der Waals surface area contributed by atoms with E-state index in [2.05, 4.69) is 15.2 Å². The van der Waals surface area contributed by atoms with Gasteiger partial charge in [-0.25, -0.2) is 18.4 Å². The summed E-state index contributed by atoms with van der Waals surface area (Å²) in [4.78, 5) is 8.49. The van der Waals surface area contributed by atoms with Crippen LogP contribution in [0.25, 0.3) is 22.3 Å². The quantitative estimate of drug-likeness (QED) is 0.351. The van der Waals surface area contributed by atoms with E-state index >= 15 is 0 Å². The standard InChI is InChI=1S/C23H23F2N5S2/c1-31-23-26-22(15-2-4-16(24)5-3-15)21(32-23)10-13-29-11-8-18(9-12-29)30-20-7-6-17(25)14-19(20)27-28-30/h2-7,14,18H,8-13H2,1H3. The van der Waals surface area contributed by atoms with Crippen LogP contribution in [0.4, 0.5) is 8.78 Å². The summed E-state index contributed by atoms with van der Waals surface area (Å²) < 4.78 is 29.8. The average molecular weight is 472 g/mol. The Morgan fingerprint density at radius 3 is 2.56 bits per heavy atom. The molecule has 5 nitrogen and oxygen atoms in total. The second-order valence-electron chi connectivity index (χ2n) is 7.95. The normalized spacial score (nSPS) is 15.6. The maximum absolute atomic E-state index is 13.4. The molecule has 0 radical (unpaired) electrons. The molecule has 0 N–H and O–H groups in total. The predicted octanol–water partition coefficient (Wildman–Crippen LogP) is 5.43. The van der Waals surface area contributed by atoms with Crippen molar-refractivity contribution in [1.82, 2.24) is 24.9 Å². The first-order valence-electron chi connectivity index (χ1n) is 10.6. The largest absolute Gasteiger partial charge is 0.303 e. The highest BCUT2D eigenvalue weighted by Crippen LogP contribution is 2.33. The lowest BCUT2D eigenvalue weighted by Gasteiger charge is -2.32. The van der Waals surface area contributed by atoms with Crippen molar-refractivity contribution in [1.29, 1.82) is 0 Å². The molecule has 2 aromatic heterocycles. The smallest absolute Gasteiger partial charge is 0.150 e. The van der Waals surface area contributed by atoms with E-state index in [4.69, 9.17) is 4.98 Å². The summed E-state index contributed by atoms with van der Waals surface area (Å²) in [6, 6.07) is 11.5. The molecule has 0 bridgehead atoms. The molecule has 1 aliphatic heterocycles. The number of thiazole rings is 1. The number of halogens is 2. The monoisotopic (exact) mass is 471 g/mol. The number of thioether (sulfide) groups is 1. The second kappa shape index (κ2) is 9.25. The maximum Gasteiger partial charge on any atom is 0.150 e. The Balaban J connectivity index is 1.23. The van der Waals surface area contributed by atoms with Gasteiger partial charge in [0.15, 0.2) is 4.34 Å². The fourth-order valence-electron chi connectivity index (χ4n) is 4.25. The number of hydrogen-bond acceptors (Lipinski definition) is 6. The van der Waals surface area contributed by atoms with E-state index in [1.807, 2.05) is 10.9 Å². The number of aromatic nitrogens is 4. The first kappa shape index (κ1) is 21.5. The molecule has 0 unspecified atom stereocenters. The van der Waals surface area contributed by atoms with Gasteiger partial charge in [0.2, 0.25) is 0 Å². The fraction of sp³-hybridized carbons (Fsp3) is 0.348. The van der Waals surface area contributed by atoms with Crippen molar-refractivity contribution in [3.05, 3.63) is 59.0 Å². The van der Waals surface area contributed by atoms with Gasteiger partial charge in [0.05, 0.1) is 17.3 Å². The molecule has 1 aliphatic rings. The molecule has 2 aromatic carbocycles. The van der Waals surface area contributed by atoms with Gasteiger partial charge in [-0.15, -0.1) is 16.4 Å². The van der Waals surface area contributed by atoms with Crippen molar-refractivity contribution in [2.45, 2.75) is 29.6 Å². The molecule has 9 heteroatoms. The second-order valence-corrected chi connectivity index (χ2v) is 10.1. The lowest BCUT2D eigenvalue weighted by Crippen LogP contribution is -2.36. The van der Waals surface area contributed by atoms with Crippen LogP contribution in [0, 0.1) is 11.6 Å². The van der Waals surface area contributed by atoms with Crippen molar-refractivity contribution < 1.29 is 8.78 Å². The number of benzene rings is 2. The van der Waals surface area contributed by atoms with Gasteiger partial charge in [0, 0.05) is 36.1 Å². The number of piperidine rings is 1. The van der Waals surface area contributed by atoms with E-state index in [1.54, 1.807) is 41.3 Å². The van der Waals surface area contributed by atoms with Crippen molar-refractivity contribution in [2.75, 3.05) is 25.9 Å². The zero-order valence-corrected chi connectivity index (χ0v) is 19.3. The van der Waals surface area contributed by atoms with Crippen LogP contribution in [0.3, 0.4) is 0 Å². The minimum atomic E-state index is -0.285. The summed E-state index contributed by atoms with van der Waals surface area (Å²) in [6.07, 6.45) is 4.92. The Morgan fingerprint density at radius 1 is 1.06 bits per heavy atom. The van der Waals surface area contributed by atoms with Gasteiger partial charge >= 0.3 is 0 Å². The Bertz CT molecular complexity index is 1210. The molecule has 5 rings (SSSR count). The molecule has 3 heterocycles. The van der Waals surface area contributed by atoms with E-state index in [0.717, 1.165) is 60.0 Å². The van der Waals surface area contributed by atoms with Gasteiger partial charge in [0.25, 0.3) is 0 Å². The van der Waals surface area contributed by atoms with Crippen molar-refractivity contribution in [3.63, 3.8) is 0 Å². The van der Waals surface area contributed by atoms with Gasteiger partial charge in [-0.05, 0) is 61.9 Å². The van der Waals surface area contributed by atoms with Gasteiger partial charge in [-0.1, -0.05) is 17.0 Å². The van der Waals surface area contributed by atoms with Gasteiger partial charge in [0.1, 0.15) is 17.2 Å². The number of hydrogen-bond donors (Lipinski definition) is 0. The molecular formula is C23H23F2N5S2. The van der Waals surface area contributed by atoms with E-state index in [1.165, 1.54) is 29.1 Å². The molecule has 0 saturated carbocycles. The molecular weight excluding hydrogens is 448 g/mol. The lowest BCUT2D eigenvalue weighted by molar-refractivity contribution is 0.183. The molecule has 0 atom stereocenters. The van der Waals surface area contributed by atoms with Crippen LogP contribution in [0.15, 0.2) is 46.8 Å². The van der Waals surface area contributed by atoms with Crippen LogP contribution in [0.2, 0.25) is 0 Å². The first-order valence-corrected chi connectivity index (χ1v) is 12.7. The molecule has 0 amide bonds. The lowest BCUT2D eigenvalue weighted by atomic mass is 10.0. The van der Waals surface area contributed by atoms with E-state index in [9.17, 15) is 8.78 Å². The summed E-state index contributed by atoms with van der Waals surface area (Å²) in [7, 11) is 0. The van der Waals surface area contributed by atoms with Crippen LogP contribution >= 0.6 is 23.1 Å². The summed E-state index contributed by atoms with van der Waals surface area (Å²) in [6.45, 7) is 2.92. The maximum atomic E-state index is 13.4. The number of rotatable bonds is 6. The van der Waals surface area contributed by atoms with Gasteiger partial charge in [-0.2, -0.15) is 0 Å². The molecule has 0 spiro atoms. The third-order valence-electron chi connectivity index (χ3n) is 5.96. The Morgan fingerprint density at radius 2 is 1.81 bits per heavy atom. The van der Waals surface area contributed by atoms with E-state index in [-0.39, 0.29) is 17.7 Å². The van der Waals surface area contributed by atoms with Crippen molar-refractivity contribution in [2.24, 2.45) is 0 Å². The number of nitrogens with zero attached hydrogens (tertiary/aromatic N) is 5. The zero-order valence-electron chi connectivity index (χ0n) is 17.7. The molecule has 0 aliphatic carbocycles. The highest BCUT2D eigenvalue weighted by molar-refractivity contribution is 8.00. The molecule has 4 aromatic rings. The highest BCUT2D eigenvalue weighted by Gasteiger charge is 2.23. The molecule has 166 valence electrons. The zero-order chi connectivity index (χ0) is 22.1. The van der Waals surface area contributed by atoms with Gasteiger partial charge in [-0.3, -0.25) is 0 Å². The predicted molar refractivity (Wildman–Crippen MR) is 125 cm³/mol. The van der Waals surface area contributed by atoms with Crippen LogP contribution in [-0.4, -0.2) is 50.8 Å². The van der Waals surface area contributed by atoms with Crippen LogP contribution < -0.4 is 0 Å². The molecule has 1 saturated heterocycles. The first-order chi connectivity index (χ1) is 15.6. The minimum absolute atomic E-state index is 0.233. The minimum Gasteiger partial charge on any atom is -0.303 e. The summed E-state index contributed by atoms with van der Waals surface area (Å²) in [5.74, 6) is -0.518. The number of fused-ring (bicyclic) bond motifs is 1. The Labute approximate surface area is 193 Å². The van der Waals surface area contributed by atoms with E-state index in [0.29, 0.717) is 5.52 Å². The molecule has 32 heavy (non-hydrogen) atoms. The Hall–Kier alpha value is -2.36. The summed E-state index contributed by atoms with van der Waals surface area (Å²) in [5, 5.41) is 8.42.